The smallest absolute Gasteiger partial charge is 0.255 e. The molecule has 0 saturated heterocycles. The van der Waals surface area contributed by atoms with Gasteiger partial charge in [-0.2, -0.15) is 4.98 Å². The van der Waals surface area contributed by atoms with E-state index in [-0.39, 0.29) is 5.91 Å². The molecule has 2 N–H and O–H groups in total. The molecule has 46 heavy (non-hydrogen) atoms. The van der Waals surface area contributed by atoms with Gasteiger partial charge in [0.25, 0.3) is 5.91 Å². The fourth-order valence-electron chi connectivity index (χ4n) is 5.20. The Morgan fingerprint density at radius 3 is 2.46 bits per heavy atom. The van der Waals surface area contributed by atoms with Gasteiger partial charge in [0.05, 0.1) is 25.5 Å². The Kier molecular flexibility index (Phi) is 9.46. The van der Waals surface area contributed by atoms with Gasteiger partial charge in [0.1, 0.15) is 18.4 Å². The molecule has 0 spiro atoms. The fourth-order valence-corrected chi connectivity index (χ4v) is 6.31. The molecular formula is C35H32ClN5O4S. The van der Waals surface area contributed by atoms with Gasteiger partial charge in [-0.3, -0.25) is 4.79 Å². The van der Waals surface area contributed by atoms with Crippen molar-refractivity contribution >= 4 is 40.9 Å². The predicted molar refractivity (Wildman–Crippen MR) is 181 cm³/mol. The summed E-state index contributed by atoms with van der Waals surface area (Å²) in [4.78, 5) is 18.8. The molecule has 1 unspecified atom stereocenters. The minimum absolute atomic E-state index is 0.311. The van der Waals surface area contributed by atoms with Crippen molar-refractivity contribution in [2.45, 2.75) is 30.5 Å². The summed E-state index contributed by atoms with van der Waals surface area (Å²) in [6.07, 6.45) is 0. The second-order valence-corrected chi connectivity index (χ2v) is 11.8. The van der Waals surface area contributed by atoms with Gasteiger partial charge in [0, 0.05) is 16.5 Å². The third kappa shape index (κ3) is 6.68. The van der Waals surface area contributed by atoms with Crippen molar-refractivity contribution < 1.29 is 19.0 Å². The van der Waals surface area contributed by atoms with Crippen LogP contribution in [0.4, 0.5) is 11.6 Å². The van der Waals surface area contributed by atoms with E-state index in [1.54, 1.807) is 31.0 Å². The summed E-state index contributed by atoms with van der Waals surface area (Å²) in [5.41, 5.74) is 4.44. The molecule has 1 aromatic heterocycles. The van der Waals surface area contributed by atoms with E-state index in [1.807, 2.05) is 91.9 Å². The molecule has 0 bridgehead atoms. The summed E-state index contributed by atoms with van der Waals surface area (Å²) in [5, 5.41) is 12.4. The fraction of sp³-hybridized carbons (Fsp3) is 0.171. The Balaban J connectivity index is 1.36. The number of fused-ring (bicyclic) bond motifs is 1. The Labute approximate surface area is 276 Å². The van der Waals surface area contributed by atoms with E-state index in [0.29, 0.717) is 62.7 Å². The van der Waals surface area contributed by atoms with Crippen LogP contribution >= 0.6 is 23.4 Å². The molecule has 1 aliphatic rings. The number of hydrogen-bond donors (Lipinski definition) is 2. The zero-order valence-corrected chi connectivity index (χ0v) is 27.1. The lowest BCUT2D eigenvalue weighted by molar-refractivity contribution is -0.113. The number of halogens is 1. The lowest BCUT2D eigenvalue weighted by Crippen LogP contribution is -2.31. The number of para-hydroxylation sites is 2. The minimum Gasteiger partial charge on any atom is -0.495 e. The maximum absolute atomic E-state index is 14.1. The zero-order valence-electron chi connectivity index (χ0n) is 25.5. The number of nitrogens with zero attached hydrogens (tertiary/aromatic N) is 3. The van der Waals surface area contributed by atoms with E-state index in [0.717, 1.165) is 16.7 Å². The number of allylic oxidation sites excluding steroid dienone is 1. The van der Waals surface area contributed by atoms with E-state index >= 15 is 0 Å². The Morgan fingerprint density at radius 2 is 1.67 bits per heavy atom. The molecule has 11 heteroatoms. The van der Waals surface area contributed by atoms with E-state index < -0.39 is 6.04 Å². The SMILES string of the molecule is COc1ccccc1NC(=O)C1=C(C)Nc2nc(SCc3ccccc3Cl)nn2C1c1ccc(OCc2ccccc2)c(OC)c1. The van der Waals surface area contributed by atoms with Crippen molar-refractivity contribution in [3.8, 4) is 17.2 Å². The first kappa shape index (κ1) is 31.1. The molecule has 0 saturated carbocycles. The Hall–Kier alpha value is -4.93. The number of aromatic nitrogens is 3. The number of amides is 1. The lowest BCUT2D eigenvalue weighted by Gasteiger charge is -2.29. The summed E-state index contributed by atoms with van der Waals surface area (Å²) >= 11 is 7.86. The van der Waals surface area contributed by atoms with Crippen molar-refractivity contribution in [3.63, 3.8) is 0 Å². The molecule has 1 aliphatic heterocycles. The van der Waals surface area contributed by atoms with Crippen LogP contribution in [0.15, 0.2) is 113 Å². The van der Waals surface area contributed by atoms with Gasteiger partial charge in [-0.25, -0.2) is 4.68 Å². The van der Waals surface area contributed by atoms with Crippen LogP contribution < -0.4 is 24.8 Å². The largest absolute Gasteiger partial charge is 0.495 e. The summed E-state index contributed by atoms with van der Waals surface area (Å²) in [6.45, 7) is 2.24. The summed E-state index contributed by atoms with van der Waals surface area (Å²) in [7, 11) is 3.16. The second-order valence-electron chi connectivity index (χ2n) is 10.4. The Morgan fingerprint density at radius 1 is 0.935 bits per heavy atom. The van der Waals surface area contributed by atoms with Gasteiger partial charge in [-0.05, 0) is 53.9 Å². The van der Waals surface area contributed by atoms with Crippen molar-refractivity contribution in [1.29, 1.82) is 0 Å². The molecule has 1 atom stereocenters. The number of ether oxygens (including phenoxy) is 3. The van der Waals surface area contributed by atoms with Gasteiger partial charge in [-0.15, -0.1) is 5.10 Å². The number of carbonyl (C=O) groups excluding carboxylic acids is 1. The molecule has 0 radical (unpaired) electrons. The lowest BCUT2D eigenvalue weighted by atomic mass is 9.94. The first-order valence-electron chi connectivity index (χ1n) is 14.5. The monoisotopic (exact) mass is 653 g/mol. The number of carbonyl (C=O) groups is 1. The summed E-state index contributed by atoms with van der Waals surface area (Å²) in [6, 6.07) is 29.9. The molecule has 0 fully saturated rings. The van der Waals surface area contributed by atoms with Gasteiger partial charge in [0.15, 0.2) is 11.5 Å². The standard InChI is InChI=1S/C35H32ClN5O4S/c1-22-31(33(42)38-27-15-9-10-16-28(27)43-2)32(24-17-18-29(30(19-24)44-3)45-20-23-11-5-4-6-12-23)41-34(37-22)39-35(40-41)46-21-25-13-7-8-14-26(25)36/h4-19,32H,20-21H2,1-3H3,(H,38,42)(H,37,39,40). The summed E-state index contributed by atoms with van der Waals surface area (Å²) < 4.78 is 19.1. The maximum Gasteiger partial charge on any atom is 0.255 e. The first-order valence-corrected chi connectivity index (χ1v) is 15.9. The highest BCUT2D eigenvalue weighted by atomic mass is 35.5. The maximum atomic E-state index is 14.1. The number of benzene rings is 4. The van der Waals surface area contributed by atoms with Crippen molar-refractivity contribution in [1.82, 2.24) is 14.8 Å². The van der Waals surface area contributed by atoms with Crippen LogP contribution in [-0.2, 0) is 17.2 Å². The third-order valence-electron chi connectivity index (χ3n) is 7.49. The highest BCUT2D eigenvalue weighted by Gasteiger charge is 2.35. The molecule has 6 rings (SSSR count). The van der Waals surface area contributed by atoms with Crippen molar-refractivity contribution in [2.75, 3.05) is 24.9 Å². The molecule has 0 aliphatic carbocycles. The number of rotatable bonds is 11. The molecule has 9 nitrogen and oxygen atoms in total. The molecule has 4 aromatic carbocycles. The average molecular weight is 654 g/mol. The molecule has 5 aromatic rings. The second kappa shape index (κ2) is 14.0. The van der Waals surface area contributed by atoms with Gasteiger partial charge < -0.3 is 24.8 Å². The van der Waals surface area contributed by atoms with E-state index in [4.69, 9.17) is 35.9 Å². The van der Waals surface area contributed by atoms with Crippen LogP contribution in [-0.4, -0.2) is 34.9 Å². The minimum atomic E-state index is -0.634. The van der Waals surface area contributed by atoms with Gasteiger partial charge in [0.2, 0.25) is 11.1 Å². The van der Waals surface area contributed by atoms with Gasteiger partial charge in [-0.1, -0.05) is 90.1 Å². The third-order valence-corrected chi connectivity index (χ3v) is 8.74. The molecular weight excluding hydrogens is 622 g/mol. The van der Waals surface area contributed by atoms with E-state index in [2.05, 4.69) is 10.6 Å². The van der Waals surface area contributed by atoms with Crippen LogP contribution in [0, 0.1) is 0 Å². The normalized spacial score (nSPS) is 13.9. The van der Waals surface area contributed by atoms with Crippen LogP contribution in [0.3, 0.4) is 0 Å². The van der Waals surface area contributed by atoms with Crippen molar-refractivity contribution in [3.05, 3.63) is 130 Å². The average Bonchev–Trinajstić information content (AvgIpc) is 3.49. The van der Waals surface area contributed by atoms with Crippen LogP contribution in [0.25, 0.3) is 0 Å². The first-order chi connectivity index (χ1) is 22.4. The van der Waals surface area contributed by atoms with Crippen molar-refractivity contribution in [2.24, 2.45) is 0 Å². The number of hydrogen-bond acceptors (Lipinski definition) is 8. The van der Waals surface area contributed by atoms with E-state index in [1.165, 1.54) is 11.8 Å². The van der Waals surface area contributed by atoms with Gasteiger partial charge >= 0.3 is 0 Å². The zero-order chi connectivity index (χ0) is 32.0. The number of anilines is 2. The van der Waals surface area contributed by atoms with Crippen LogP contribution in [0.5, 0.6) is 17.2 Å². The summed E-state index contributed by atoms with van der Waals surface area (Å²) in [5.74, 6) is 2.46. The predicted octanol–water partition coefficient (Wildman–Crippen LogP) is 7.75. The van der Waals surface area contributed by atoms with Crippen LogP contribution in [0.2, 0.25) is 5.02 Å². The number of methoxy groups -OCH3 is 2. The molecule has 1 amide bonds. The number of thioether (sulfide) groups is 1. The molecule has 2 heterocycles. The molecule has 234 valence electrons. The van der Waals surface area contributed by atoms with E-state index in [9.17, 15) is 4.79 Å². The highest BCUT2D eigenvalue weighted by molar-refractivity contribution is 7.98. The topological polar surface area (TPSA) is 99.5 Å². The number of nitrogens with one attached hydrogen (secondary N) is 2. The quantitative estimate of drug-likeness (QED) is 0.140. The highest BCUT2D eigenvalue weighted by Crippen LogP contribution is 2.40. The van der Waals surface area contributed by atoms with Crippen LogP contribution in [0.1, 0.15) is 29.7 Å². The Bertz CT molecular complexity index is 1900.